The van der Waals surface area contributed by atoms with Crippen LogP contribution in [0.25, 0.3) is 11.3 Å². The van der Waals surface area contributed by atoms with Gasteiger partial charge in [0.2, 0.25) is 11.8 Å². The van der Waals surface area contributed by atoms with Gasteiger partial charge in [0.25, 0.3) is 5.91 Å². The number of carbonyl (C=O) groups excluding carboxylic acids is 1. The minimum absolute atomic E-state index is 0.0550. The molecule has 1 aromatic carbocycles. The summed E-state index contributed by atoms with van der Waals surface area (Å²) in [6.45, 7) is 4.23. The third-order valence-corrected chi connectivity index (χ3v) is 4.82. The normalized spacial score (nSPS) is 16.0. The van der Waals surface area contributed by atoms with Crippen LogP contribution in [0.3, 0.4) is 0 Å². The third kappa shape index (κ3) is 5.29. The van der Waals surface area contributed by atoms with Crippen LogP contribution in [0.2, 0.25) is 0 Å². The molecule has 172 valence electrons. The molecule has 1 aliphatic heterocycles. The second-order valence-electron chi connectivity index (χ2n) is 7.59. The molecule has 2 atom stereocenters. The van der Waals surface area contributed by atoms with E-state index in [1.54, 1.807) is 13.0 Å². The summed E-state index contributed by atoms with van der Waals surface area (Å²) in [7, 11) is 1.52. The highest BCUT2D eigenvalue weighted by molar-refractivity contribution is 5.94. The number of nitrogens with zero attached hydrogens (tertiary/aromatic N) is 3. The maximum atomic E-state index is 11.7. The zero-order valence-electron chi connectivity index (χ0n) is 18.5. The van der Waals surface area contributed by atoms with Crippen LogP contribution in [0.15, 0.2) is 47.7 Å². The van der Waals surface area contributed by atoms with Crippen LogP contribution in [-0.2, 0) is 4.74 Å². The Morgan fingerprint density at radius 1 is 1.24 bits per heavy atom. The molecule has 4 rings (SSSR count). The summed E-state index contributed by atoms with van der Waals surface area (Å²) in [6.07, 6.45) is 2.36. The predicted molar refractivity (Wildman–Crippen MR) is 121 cm³/mol. The number of rotatable bonds is 8. The molecule has 2 aromatic heterocycles. The van der Waals surface area contributed by atoms with Crippen LogP contribution in [-0.4, -0.2) is 64.3 Å². The number of nitrogens with one attached hydrogen (secondary N) is 2. The molecule has 0 saturated carbocycles. The Kier molecular flexibility index (Phi) is 6.55. The minimum Gasteiger partial charge on any atom is -0.488 e. The van der Waals surface area contributed by atoms with Gasteiger partial charge >= 0.3 is 0 Å². The number of aliphatic hydroxyl groups excluding tert-OH is 1. The third-order valence-electron chi connectivity index (χ3n) is 4.82. The van der Waals surface area contributed by atoms with Crippen molar-refractivity contribution in [3.63, 3.8) is 0 Å². The summed E-state index contributed by atoms with van der Waals surface area (Å²) in [4.78, 5) is 27.6. The number of amides is 1. The Balaban J connectivity index is 1.62. The van der Waals surface area contributed by atoms with Gasteiger partial charge in [0.15, 0.2) is 0 Å². The standard InChI is InChI=1S/C23H25N5O5/c1-13-9-27-23(32-13)19-5-4-18(28-19)15-6-16(31-14(2)12-29)8-17(7-15)33-21-11-25-20(10-26-21)22(30)24-3/h4-8,10-11,13-14,28-29H,9,12H2,1-3H3,(H,24,30)/t13-,14-/m0/s1. The first-order valence-electron chi connectivity index (χ1n) is 10.5. The molecule has 1 aliphatic rings. The van der Waals surface area contributed by atoms with Crippen molar-refractivity contribution in [2.24, 2.45) is 4.99 Å². The van der Waals surface area contributed by atoms with E-state index in [0.29, 0.717) is 23.9 Å². The van der Waals surface area contributed by atoms with Crippen molar-refractivity contribution in [2.45, 2.75) is 26.1 Å². The topological polar surface area (TPSA) is 131 Å². The predicted octanol–water partition coefficient (Wildman–Crippen LogP) is 2.55. The number of H-pyrrole nitrogens is 1. The summed E-state index contributed by atoms with van der Waals surface area (Å²) in [5.41, 5.74) is 2.57. The summed E-state index contributed by atoms with van der Waals surface area (Å²) in [6, 6.07) is 9.18. The van der Waals surface area contributed by atoms with Gasteiger partial charge in [0.1, 0.15) is 35.1 Å². The van der Waals surface area contributed by atoms with Crippen molar-refractivity contribution in [3.8, 4) is 28.6 Å². The molecule has 0 bridgehead atoms. The lowest BCUT2D eigenvalue weighted by atomic mass is 10.1. The molecule has 1 amide bonds. The molecule has 0 saturated heterocycles. The van der Waals surface area contributed by atoms with Crippen LogP contribution < -0.4 is 14.8 Å². The fraction of sp³-hybridized carbons (Fsp3) is 0.304. The lowest BCUT2D eigenvalue weighted by Gasteiger charge is -2.15. The van der Waals surface area contributed by atoms with Crippen molar-refractivity contribution in [1.29, 1.82) is 0 Å². The largest absolute Gasteiger partial charge is 0.488 e. The van der Waals surface area contributed by atoms with Gasteiger partial charge < -0.3 is 29.6 Å². The molecule has 33 heavy (non-hydrogen) atoms. The van der Waals surface area contributed by atoms with E-state index in [-0.39, 0.29) is 30.2 Å². The van der Waals surface area contributed by atoms with E-state index in [0.717, 1.165) is 17.0 Å². The van der Waals surface area contributed by atoms with Gasteiger partial charge in [0.05, 0.1) is 25.5 Å². The molecule has 3 heterocycles. The Bertz CT molecular complexity index is 1160. The zero-order valence-corrected chi connectivity index (χ0v) is 18.5. The number of hydrogen-bond acceptors (Lipinski definition) is 8. The monoisotopic (exact) mass is 451 g/mol. The number of aromatic amines is 1. The zero-order chi connectivity index (χ0) is 23.4. The van der Waals surface area contributed by atoms with Crippen LogP contribution in [0.4, 0.5) is 0 Å². The van der Waals surface area contributed by atoms with Gasteiger partial charge in [-0.2, -0.15) is 0 Å². The van der Waals surface area contributed by atoms with Gasteiger partial charge in [-0.1, -0.05) is 0 Å². The molecule has 0 fully saturated rings. The highest BCUT2D eigenvalue weighted by Gasteiger charge is 2.19. The number of aliphatic imine (C=N–C) groups is 1. The maximum absolute atomic E-state index is 11.7. The Morgan fingerprint density at radius 2 is 2.03 bits per heavy atom. The van der Waals surface area contributed by atoms with Crippen molar-refractivity contribution in [3.05, 3.63) is 54.1 Å². The molecule has 10 nitrogen and oxygen atoms in total. The fourth-order valence-corrected chi connectivity index (χ4v) is 3.17. The summed E-state index contributed by atoms with van der Waals surface area (Å²) < 4.78 is 17.4. The van der Waals surface area contributed by atoms with Crippen molar-refractivity contribution in [1.82, 2.24) is 20.3 Å². The lowest BCUT2D eigenvalue weighted by molar-refractivity contribution is 0.0957. The first-order chi connectivity index (χ1) is 15.9. The van der Waals surface area contributed by atoms with Crippen molar-refractivity contribution in [2.75, 3.05) is 20.2 Å². The molecular formula is C23H25N5O5. The van der Waals surface area contributed by atoms with Gasteiger partial charge in [-0.05, 0) is 38.1 Å². The molecule has 0 radical (unpaired) electrons. The summed E-state index contributed by atoms with van der Waals surface area (Å²) in [5.74, 6) is 1.43. The van der Waals surface area contributed by atoms with Crippen LogP contribution >= 0.6 is 0 Å². The highest BCUT2D eigenvalue weighted by atomic mass is 16.5. The van der Waals surface area contributed by atoms with Crippen molar-refractivity contribution < 1.29 is 24.1 Å². The molecule has 3 N–H and O–H groups in total. The van der Waals surface area contributed by atoms with E-state index in [2.05, 4.69) is 25.3 Å². The Morgan fingerprint density at radius 3 is 2.70 bits per heavy atom. The maximum Gasteiger partial charge on any atom is 0.271 e. The Hall–Kier alpha value is -3.92. The fourth-order valence-electron chi connectivity index (χ4n) is 3.17. The second-order valence-corrected chi connectivity index (χ2v) is 7.59. The van der Waals surface area contributed by atoms with E-state index < -0.39 is 6.10 Å². The summed E-state index contributed by atoms with van der Waals surface area (Å²) >= 11 is 0. The smallest absolute Gasteiger partial charge is 0.271 e. The average Bonchev–Trinajstić information content (AvgIpc) is 3.48. The number of benzene rings is 1. The first-order valence-corrected chi connectivity index (χ1v) is 10.5. The molecule has 10 heteroatoms. The molecule has 0 spiro atoms. The van der Waals surface area contributed by atoms with Crippen LogP contribution in [0.1, 0.15) is 30.0 Å². The first kappa shape index (κ1) is 22.3. The summed E-state index contributed by atoms with van der Waals surface area (Å²) in [5, 5.41) is 11.9. The minimum atomic E-state index is -0.401. The Labute approximate surface area is 190 Å². The SMILES string of the molecule is CNC(=O)c1cnc(Oc2cc(O[C@@H](C)CO)cc(-c3ccc(C4=NC[C@H](C)O4)[nH]3)c2)cn1. The van der Waals surface area contributed by atoms with E-state index in [4.69, 9.17) is 14.2 Å². The molecular weight excluding hydrogens is 426 g/mol. The van der Waals surface area contributed by atoms with Gasteiger partial charge in [0, 0.05) is 24.4 Å². The van der Waals surface area contributed by atoms with Gasteiger partial charge in [-0.15, -0.1) is 0 Å². The number of hydrogen-bond donors (Lipinski definition) is 3. The lowest BCUT2D eigenvalue weighted by Crippen LogP contribution is -2.19. The van der Waals surface area contributed by atoms with E-state index in [1.165, 1.54) is 19.4 Å². The van der Waals surface area contributed by atoms with E-state index in [9.17, 15) is 9.90 Å². The number of aromatic nitrogens is 3. The van der Waals surface area contributed by atoms with E-state index >= 15 is 0 Å². The van der Waals surface area contributed by atoms with Gasteiger partial charge in [-0.3, -0.25) is 4.79 Å². The van der Waals surface area contributed by atoms with Crippen LogP contribution in [0.5, 0.6) is 17.4 Å². The number of ether oxygens (including phenoxy) is 3. The number of carbonyl (C=O) groups is 1. The number of aliphatic hydroxyl groups is 1. The molecule has 0 unspecified atom stereocenters. The quantitative estimate of drug-likeness (QED) is 0.480. The molecule has 3 aromatic rings. The average molecular weight is 451 g/mol. The highest BCUT2D eigenvalue weighted by Crippen LogP contribution is 2.32. The van der Waals surface area contributed by atoms with Crippen molar-refractivity contribution >= 4 is 11.8 Å². The van der Waals surface area contributed by atoms with Crippen LogP contribution in [0, 0.1) is 0 Å². The van der Waals surface area contributed by atoms with Gasteiger partial charge in [-0.25, -0.2) is 15.0 Å². The second kappa shape index (κ2) is 9.70. The molecule has 0 aliphatic carbocycles. The van der Waals surface area contributed by atoms with E-state index in [1.807, 2.05) is 31.2 Å².